The van der Waals surface area contributed by atoms with Crippen LogP contribution in [0.25, 0.3) is 0 Å². The number of benzene rings is 1. The second-order valence-corrected chi connectivity index (χ2v) is 4.95. The van der Waals surface area contributed by atoms with Gasteiger partial charge in [0.05, 0.1) is 0 Å². The van der Waals surface area contributed by atoms with Crippen molar-refractivity contribution in [2.75, 3.05) is 13.1 Å². The Morgan fingerprint density at radius 3 is 2.47 bits per heavy atom. The Kier molecular flexibility index (Phi) is 4.66. The molecule has 0 radical (unpaired) electrons. The molecule has 0 aliphatic carbocycles. The summed E-state index contributed by atoms with van der Waals surface area (Å²) >= 11 is 0. The van der Waals surface area contributed by atoms with Gasteiger partial charge in [-0.1, -0.05) is 36.9 Å². The third-order valence-corrected chi connectivity index (χ3v) is 3.58. The lowest BCUT2D eigenvalue weighted by Gasteiger charge is -2.30. The zero-order chi connectivity index (χ0) is 11.9. The van der Waals surface area contributed by atoms with E-state index in [1.54, 1.807) is 0 Å². The van der Waals surface area contributed by atoms with E-state index in [-0.39, 0.29) is 0 Å². The lowest BCUT2D eigenvalue weighted by Crippen LogP contribution is -2.28. The van der Waals surface area contributed by atoms with E-state index in [1.165, 1.54) is 56.5 Å². The highest BCUT2D eigenvalue weighted by Crippen LogP contribution is 2.17. The van der Waals surface area contributed by atoms with E-state index in [0.29, 0.717) is 0 Å². The number of likely N-dealkylation sites (tertiary alicyclic amines) is 1. The van der Waals surface area contributed by atoms with E-state index in [4.69, 9.17) is 0 Å². The first-order valence-electron chi connectivity index (χ1n) is 6.83. The van der Waals surface area contributed by atoms with E-state index < -0.39 is 0 Å². The maximum absolute atomic E-state index is 4.24. The van der Waals surface area contributed by atoms with E-state index in [1.807, 2.05) is 0 Å². The summed E-state index contributed by atoms with van der Waals surface area (Å²) in [5.41, 5.74) is 2.79. The molecule has 1 aromatic carbocycles. The van der Waals surface area contributed by atoms with Gasteiger partial charge in [-0.15, -0.1) is 0 Å². The first-order chi connectivity index (χ1) is 8.36. The van der Waals surface area contributed by atoms with Gasteiger partial charge in [-0.05, 0) is 44.1 Å². The molecule has 0 spiro atoms. The standard InChI is InChI=1S/C16H23N/c1-15(17-13-6-3-7-14-17)9-8-12-16-10-4-2-5-11-16/h2,4-5,10-11H,1,3,6-9,12-14H2. The van der Waals surface area contributed by atoms with Crippen molar-refractivity contribution in [2.24, 2.45) is 0 Å². The second-order valence-electron chi connectivity index (χ2n) is 4.95. The maximum atomic E-state index is 4.24. The molecule has 1 aromatic rings. The van der Waals surface area contributed by atoms with Gasteiger partial charge in [0, 0.05) is 18.8 Å². The summed E-state index contributed by atoms with van der Waals surface area (Å²) < 4.78 is 0. The molecule has 1 fully saturated rings. The first-order valence-corrected chi connectivity index (χ1v) is 6.83. The van der Waals surface area contributed by atoms with Crippen LogP contribution in [0.15, 0.2) is 42.6 Å². The molecule has 0 aromatic heterocycles. The molecule has 1 aliphatic heterocycles. The van der Waals surface area contributed by atoms with Gasteiger partial charge in [0.2, 0.25) is 0 Å². The van der Waals surface area contributed by atoms with Crippen LogP contribution in [0.1, 0.15) is 37.7 Å². The Morgan fingerprint density at radius 2 is 1.76 bits per heavy atom. The minimum Gasteiger partial charge on any atom is -0.375 e. The van der Waals surface area contributed by atoms with Crippen LogP contribution in [0.2, 0.25) is 0 Å². The summed E-state index contributed by atoms with van der Waals surface area (Å²) in [5.74, 6) is 0. The maximum Gasteiger partial charge on any atom is 0.0174 e. The van der Waals surface area contributed by atoms with Crippen molar-refractivity contribution in [1.82, 2.24) is 4.90 Å². The molecule has 0 atom stereocenters. The van der Waals surface area contributed by atoms with Crippen molar-refractivity contribution in [3.8, 4) is 0 Å². The molecule has 1 saturated heterocycles. The number of allylic oxidation sites excluding steroid dienone is 1. The van der Waals surface area contributed by atoms with E-state index in [0.717, 1.165) is 6.42 Å². The van der Waals surface area contributed by atoms with Crippen molar-refractivity contribution in [3.63, 3.8) is 0 Å². The van der Waals surface area contributed by atoms with Crippen LogP contribution < -0.4 is 0 Å². The van der Waals surface area contributed by atoms with Crippen molar-refractivity contribution >= 4 is 0 Å². The van der Waals surface area contributed by atoms with Gasteiger partial charge in [0.15, 0.2) is 0 Å². The van der Waals surface area contributed by atoms with Gasteiger partial charge in [-0.25, -0.2) is 0 Å². The zero-order valence-corrected chi connectivity index (χ0v) is 10.7. The highest BCUT2D eigenvalue weighted by atomic mass is 15.1. The summed E-state index contributed by atoms with van der Waals surface area (Å²) in [4.78, 5) is 2.48. The zero-order valence-electron chi connectivity index (χ0n) is 10.7. The molecule has 1 aliphatic rings. The van der Waals surface area contributed by atoms with E-state index in [9.17, 15) is 0 Å². The predicted molar refractivity (Wildman–Crippen MR) is 73.9 cm³/mol. The molecular weight excluding hydrogens is 206 g/mol. The molecule has 17 heavy (non-hydrogen) atoms. The Bertz CT molecular complexity index is 336. The van der Waals surface area contributed by atoms with E-state index >= 15 is 0 Å². The molecule has 1 heterocycles. The van der Waals surface area contributed by atoms with Crippen molar-refractivity contribution < 1.29 is 0 Å². The lowest BCUT2D eigenvalue weighted by atomic mass is 10.1. The van der Waals surface area contributed by atoms with Crippen molar-refractivity contribution in [3.05, 3.63) is 48.2 Å². The summed E-state index contributed by atoms with van der Waals surface area (Å²) in [7, 11) is 0. The Labute approximate surface area is 105 Å². The van der Waals surface area contributed by atoms with Crippen LogP contribution in [-0.4, -0.2) is 18.0 Å². The lowest BCUT2D eigenvalue weighted by molar-refractivity contribution is 0.277. The molecule has 92 valence electrons. The number of hydrogen-bond acceptors (Lipinski definition) is 1. The third-order valence-electron chi connectivity index (χ3n) is 3.58. The van der Waals surface area contributed by atoms with Gasteiger partial charge >= 0.3 is 0 Å². The van der Waals surface area contributed by atoms with Crippen LogP contribution in [0.3, 0.4) is 0 Å². The van der Waals surface area contributed by atoms with Crippen molar-refractivity contribution in [1.29, 1.82) is 0 Å². The first kappa shape index (κ1) is 12.2. The van der Waals surface area contributed by atoms with Crippen LogP contribution in [0.5, 0.6) is 0 Å². The summed E-state index contributed by atoms with van der Waals surface area (Å²) in [6.07, 6.45) is 7.63. The number of rotatable bonds is 5. The van der Waals surface area contributed by atoms with Gasteiger partial charge in [0.1, 0.15) is 0 Å². The monoisotopic (exact) mass is 229 g/mol. The quantitative estimate of drug-likeness (QED) is 0.737. The number of hydrogen-bond donors (Lipinski definition) is 0. The molecule has 0 amide bonds. The smallest absolute Gasteiger partial charge is 0.0174 e. The van der Waals surface area contributed by atoms with Gasteiger partial charge in [-0.3, -0.25) is 0 Å². The average molecular weight is 229 g/mol. The van der Waals surface area contributed by atoms with Crippen molar-refractivity contribution in [2.45, 2.75) is 38.5 Å². The molecule has 0 saturated carbocycles. The molecule has 1 heteroatoms. The minimum atomic E-state index is 1.15. The fraction of sp³-hybridized carbons (Fsp3) is 0.500. The minimum absolute atomic E-state index is 1.15. The van der Waals surface area contributed by atoms with Gasteiger partial charge in [0.25, 0.3) is 0 Å². The highest BCUT2D eigenvalue weighted by Gasteiger charge is 2.11. The van der Waals surface area contributed by atoms with Crippen LogP contribution in [-0.2, 0) is 6.42 Å². The fourth-order valence-electron chi connectivity index (χ4n) is 2.51. The van der Waals surface area contributed by atoms with E-state index in [2.05, 4.69) is 41.8 Å². The van der Waals surface area contributed by atoms with Gasteiger partial charge < -0.3 is 4.90 Å². The van der Waals surface area contributed by atoms with Gasteiger partial charge in [-0.2, -0.15) is 0 Å². The molecular formula is C16H23N. The van der Waals surface area contributed by atoms with Crippen LogP contribution >= 0.6 is 0 Å². The molecule has 2 rings (SSSR count). The highest BCUT2D eigenvalue weighted by molar-refractivity contribution is 5.14. The number of aryl methyl sites for hydroxylation is 1. The molecule has 0 N–H and O–H groups in total. The average Bonchev–Trinajstić information content (AvgIpc) is 2.41. The molecule has 0 unspecified atom stereocenters. The fourth-order valence-corrected chi connectivity index (χ4v) is 2.51. The Balaban J connectivity index is 1.69. The summed E-state index contributed by atoms with van der Waals surface area (Å²) in [6, 6.07) is 10.7. The SMILES string of the molecule is C=C(CCCc1ccccc1)N1CCCCC1. The summed E-state index contributed by atoms with van der Waals surface area (Å²) in [6.45, 7) is 6.69. The predicted octanol–water partition coefficient (Wildman–Crippen LogP) is 4.01. The third kappa shape index (κ3) is 3.92. The number of nitrogens with zero attached hydrogens (tertiary/aromatic N) is 1. The summed E-state index contributed by atoms with van der Waals surface area (Å²) in [5, 5.41) is 0. The van der Waals surface area contributed by atoms with Crippen LogP contribution in [0, 0.1) is 0 Å². The number of piperidine rings is 1. The second kappa shape index (κ2) is 6.48. The Hall–Kier alpha value is -1.24. The van der Waals surface area contributed by atoms with Crippen LogP contribution in [0.4, 0.5) is 0 Å². The Morgan fingerprint density at radius 1 is 1.06 bits per heavy atom. The normalized spacial score (nSPS) is 15.9. The largest absolute Gasteiger partial charge is 0.375 e. The topological polar surface area (TPSA) is 3.24 Å². The molecule has 0 bridgehead atoms. The molecule has 1 nitrogen and oxygen atoms in total.